The molecule has 4 rings (SSSR count). The molecule has 0 bridgehead atoms. The van der Waals surface area contributed by atoms with Gasteiger partial charge in [-0.3, -0.25) is 4.99 Å². The molecule has 3 atom stereocenters. The number of benzene rings is 2. The first-order valence-corrected chi connectivity index (χ1v) is 13.2. The van der Waals surface area contributed by atoms with Crippen LogP contribution in [-0.4, -0.2) is 37.0 Å². The Morgan fingerprint density at radius 2 is 1.29 bits per heavy atom. The maximum Gasteiger partial charge on any atom is 0.0848 e. The van der Waals surface area contributed by atoms with E-state index in [9.17, 15) is 0 Å². The van der Waals surface area contributed by atoms with Crippen molar-refractivity contribution in [2.45, 2.75) is 70.0 Å². The molecule has 2 aromatic carbocycles. The Morgan fingerprint density at radius 3 is 1.74 bits per heavy atom. The van der Waals surface area contributed by atoms with Crippen molar-refractivity contribution < 1.29 is 17.1 Å². The van der Waals surface area contributed by atoms with E-state index in [0.717, 1.165) is 0 Å². The maximum absolute atomic E-state index is 4.84. The molecule has 0 aromatic heterocycles. The molecule has 2 unspecified atom stereocenters. The Bertz CT molecular complexity index is 699. The summed E-state index contributed by atoms with van der Waals surface area (Å²) in [6, 6.07) is 22.7. The van der Waals surface area contributed by atoms with Crippen LogP contribution in [-0.2, 0) is 17.1 Å². The molecular formula is C27H39FeN2P. The second kappa shape index (κ2) is 14.1. The van der Waals surface area contributed by atoms with Crippen molar-refractivity contribution in [3.63, 3.8) is 0 Å². The molecule has 2 saturated carbocycles. The SMILES string of the molecule is C1CCCC1.C[C@@H](N=CN(C)C)C1CCCC1P(c1ccccc1)c1ccccc1.[Fe]. The number of rotatable bonds is 6. The van der Waals surface area contributed by atoms with Gasteiger partial charge >= 0.3 is 0 Å². The molecule has 0 saturated heterocycles. The second-order valence-corrected chi connectivity index (χ2v) is 11.4. The van der Waals surface area contributed by atoms with Gasteiger partial charge in [-0.05, 0) is 49.9 Å². The van der Waals surface area contributed by atoms with E-state index in [1.165, 1.54) is 62.0 Å². The molecule has 0 N–H and O–H groups in total. The molecule has 0 heterocycles. The summed E-state index contributed by atoms with van der Waals surface area (Å²) in [5, 5.41) is 3.01. The van der Waals surface area contributed by atoms with Crippen LogP contribution in [0.1, 0.15) is 58.3 Å². The topological polar surface area (TPSA) is 15.6 Å². The van der Waals surface area contributed by atoms with Crippen molar-refractivity contribution in [2.24, 2.45) is 10.9 Å². The molecule has 0 aliphatic heterocycles. The second-order valence-electron chi connectivity index (χ2n) is 8.94. The van der Waals surface area contributed by atoms with Gasteiger partial charge in [-0.1, -0.05) is 99.2 Å². The van der Waals surface area contributed by atoms with Crippen LogP contribution in [0.15, 0.2) is 65.7 Å². The normalized spacial score (nSPS) is 21.4. The van der Waals surface area contributed by atoms with Crippen LogP contribution in [0.5, 0.6) is 0 Å². The summed E-state index contributed by atoms with van der Waals surface area (Å²) in [4.78, 5) is 6.88. The third-order valence-electron chi connectivity index (χ3n) is 6.33. The van der Waals surface area contributed by atoms with Gasteiger partial charge in [0.15, 0.2) is 0 Å². The molecular weight excluding hydrogens is 439 g/mol. The maximum atomic E-state index is 4.84. The molecule has 0 spiro atoms. The number of nitrogens with zero attached hydrogens (tertiary/aromatic N) is 2. The van der Waals surface area contributed by atoms with Crippen molar-refractivity contribution in [1.82, 2.24) is 4.90 Å². The first-order valence-electron chi connectivity index (χ1n) is 11.8. The zero-order valence-corrected chi connectivity index (χ0v) is 21.4. The third kappa shape index (κ3) is 8.05. The van der Waals surface area contributed by atoms with Gasteiger partial charge in [0.2, 0.25) is 0 Å². The van der Waals surface area contributed by atoms with Crippen molar-refractivity contribution >= 4 is 24.9 Å². The summed E-state index contributed by atoms with van der Waals surface area (Å²) in [5.74, 6) is 0.669. The predicted octanol–water partition coefficient (Wildman–Crippen LogP) is 6.21. The summed E-state index contributed by atoms with van der Waals surface area (Å²) >= 11 is 0. The molecule has 0 amide bonds. The van der Waals surface area contributed by atoms with Gasteiger partial charge in [0.25, 0.3) is 0 Å². The molecule has 2 nitrogen and oxygen atoms in total. The van der Waals surface area contributed by atoms with Gasteiger partial charge in [-0.15, -0.1) is 0 Å². The van der Waals surface area contributed by atoms with E-state index in [1.807, 2.05) is 25.3 Å². The van der Waals surface area contributed by atoms with Crippen LogP contribution in [0.3, 0.4) is 0 Å². The number of hydrogen-bond donors (Lipinski definition) is 0. The van der Waals surface area contributed by atoms with Crippen LogP contribution in [0, 0.1) is 5.92 Å². The van der Waals surface area contributed by atoms with Crippen LogP contribution < -0.4 is 10.6 Å². The fraction of sp³-hybridized carbons (Fsp3) is 0.519. The van der Waals surface area contributed by atoms with Crippen LogP contribution in [0.2, 0.25) is 0 Å². The van der Waals surface area contributed by atoms with Gasteiger partial charge in [0.05, 0.1) is 12.4 Å². The van der Waals surface area contributed by atoms with E-state index < -0.39 is 0 Å². The van der Waals surface area contributed by atoms with Crippen LogP contribution in [0.25, 0.3) is 0 Å². The summed E-state index contributed by atoms with van der Waals surface area (Å²) in [6.45, 7) is 2.30. The Morgan fingerprint density at radius 1 is 0.806 bits per heavy atom. The van der Waals surface area contributed by atoms with Gasteiger partial charge in [-0.25, -0.2) is 0 Å². The Balaban J connectivity index is 0.000000501. The van der Waals surface area contributed by atoms with Crippen molar-refractivity contribution in [2.75, 3.05) is 14.1 Å². The molecule has 2 fully saturated rings. The quantitative estimate of drug-likeness (QED) is 0.209. The zero-order valence-electron chi connectivity index (χ0n) is 19.4. The molecule has 31 heavy (non-hydrogen) atoms. The molecule has 4 heteroatoms. The van der Waals surface area contributed by atoms with E-state index >= 15 is 0 Å². The van der Waals surface area contributed by atoms with Gasteiger partial charge in [-0.2, -0.15) is 0 Å². The van der Waals surface area contributed by atoms with Crippen LogP contribution >= 0.6 is 7.92 Å². The number of hydrogen-bond acceptors (Lipinski definition) is 1. The van der Waals surface area contributed by atoms with E-state index in [1.54, 1.807) is 0 Å². The van der Waals surface area contributed by atoms with E-state index in [2.05, 4.69) is 67.6 Å². The first kappa shape index (κ1) is 26.1. The van der Waals surface area contributed by atoms with E-state index in [4.69, 9.17) is 4.99 Å². The zero-order chi connectivity index (χ0) is 21.2. The Kier molecular flexibility index (Phi) is 11.9. The van der Waals surface area contributed by atoms with Gasteiger partial charge < -0.3 is 4.90 Å². The largest absolute Gasteiger partial charge is 0.369 e. The van der Waals surface area contributed by atoms with Crippen molar-refractivity contribution in [3.05, 3.63) is 60.7 Å². The van der Waals surface area contributed by atoms with Crippen molar-refractivity contribution in [1.29, 1.82) is 0 Å². The minimum Gasteiger partial charge on any atom is -0.369 e. The van der Waals surface area contributed by atoms with Crippen LogP contribution in [0.4, 0.5) is 0 Å². The summed E-state index contributed by atoms with van der Waals surface area (Å²) in [6.07, 6.45) is 13.4. The minimum absolute atomic E-state index is 0. The van der Waals surface area contributed by atoms with E-state index in [0.29, 0.717) is 17.6 Å². The Labute approximate surface area is 202 Å². The average molecular weight is 478 g/mol. The standard InChI is InChI=1S/C22H29N2P.C5H10.Fe/c1-18(23-17-24(2)3)21-15-10-16-22(21)25(19-11-6-4-7-12-19)20-13-8-5-9-14-20;1-2-4-5-3-1;/h4-9,11-14,17-18,21-22H,10,15-16H2,1-3H3;1-5H2;/t18-,21?,22?;;/m1../s1. The summed E-state index contributed by atoms with van der Waals surface area (Å²) in [7, 11) is 3.75. The molecule has 2 aliphatic carbocycles. The Hall–Kier alpha value is -1.14. The monoisotopic (exact) mass is 478 g/mol. The van der Waals surface area contributed by atoms with Gasteiger partial charge in [0, 0.05) is 31.2 Å². The smallest absolute Gasteiger partial charge is 0.0848 e. The van der Waals surface area contributed by atoms with Gasteiger partial charge in [0.1, 0.15) is 0 Å². The van der Waals surface area contributed by atoms with Crippen molar-refractivity contribution in [3.8, 4) is 0 Å². The third-order valence-corrected chi connectivity index (χ3v) is 9.35. The molecule has 170 valence electrons. The van der Waals surface area contributed by atoms with E-state index in [-0.39, 0.29) is 25.0 Å². The first-order chi connectivity index (χ1) is 14.7. The molecule has 2 aromatic rings. The fourth-order valence-electron chi connectivity index (χ4n) is 4.79. The summed E-state index contributed by atoms with van der Waals surface area (Å²) < 4.78 is 0. The molecule has 2 aliphatic rings. The average Bonchev–Trinajstić information content (AvgIpc) is 3.49. The molecule has 0 radical (unpaired) electrons. The minimum atomic E-state index is -0.337. The summed E-state index contributed by atoms with van der Waals surface area (Å²) in [5.41, 5.74) is 0.717. The predicted molar refractivity (Wildman–Crippen MR) is 135 cm³/mol. The number of aliphatic imine (C=N–C) groups is 1. The fourth-order valence-corrected chi connectivity index (χ4v) is 8.07.